The van der Waals surface area contributed by atoms with Gasteiger partial charge in [-0.3, -0.25) is 4.55 Å². The Morgan fingerprint density at radius 3 is 1.17 bits per heavy atom. The molecule has 0 spiro atoms. The van der Waals surface area contributed by atoms with E-state index in [-0.39, 0.29) is 24.8 Å². The van der Waals surface area contributed by atoms with Crippen molar-refractivity contribution in [1.82, 2.24) is 0 Å². The third-order valence-corrected chi connectivity index (χ3v) is 0. The van der Waals surface area contributed by atoms with Gasteiger partial charge in [-0.1, -0.05) is 0 Å². The SMILES string of the molecule is Cl.Cl.O=[SH](=O)O. The summed E-state index contributed by atoms with van der Waals surface area (Å²) in [6.45, 7) is 0. The fourth-order valence-corrected chi connectivity index (χ4v) is 0. The van der Waals surface area contributed by atoms with Crippen LogP contribution in [0.4, 0.5) is 0 Å². The van der Waals surface area contributed by atoms with Gasteiger partial charge in [0, 0.05) is 0 Å². The molecule has 0 aliphatic rings. The average molecular weight is 155 g/mol. The van der Waals surface area contributed by atoms with E-state index in [1.807, 2.05) is 0 Å². The summed E-state index contributed by atoms with van der Waals surface area (Å²) in [7, 11) is -3.12. The molecule has 0 saturated carbocycles. The van der Waals surface area contributed by atoms with E-state index < -0.39 is 11.0 Å². The van der Waals surface area contributed by atoms with Crippen molar-refractivity contribution in [3.05, 3.63) is 0 Å². The zero-order chi connectivity index (χ0) is 3.58. The lowest BCUT2D eigenvalue weighted by Gasteiger charge is -1.43. The van der Waals surface area contributed by atoms with E-state index in [2.05, 4.69) is 0 Å². The maximum Gasteiger partial charge on any atom is 0.254 e. The van der Waals surface area contributed by atoms with Gasteiger partial charge in [0.05, 0.1) is 0 Å². The molecule has 3 nitrogen and oxygen atoms in total. The average Bonchev–Trinajstić information content (AvgIpc) is 0.811. The smallest absolute Gasteiger partial charge is 0.254 e. The topological polar surface area (TPSA) is 54.4 Å². The summed E-state index contributed by atoms with van der Waals surface area (Å²) < 4.78 is 24.2. The number of thiol groups is 1. The standard InChI is InChI=1S/2ClH.H2O3S/c;;1-4(2)3/h2*1H;4H,(H,1,2,3). The molecule has 0 unspecified atom stereocenters. The van der Waals surface area contributed by atoms with Crippen LogP contribution in [-0.4, -0.2) is 13.0 Å². The minimum Gasteiger partial charge on any atom is -0.288 e. The van der Waals surface area contributed by atoms with Crippen LogP contribution in [0.25, 0.3) is 0 Å². The first kappa shape index (κ1) is 16.1. The highest BCUT2D eigenvalue weighted by atomic mass is 35.5. The van der Waals surface area contributed by atoms with Crippen molar-refractivity contribution in [3.8, 4) is 0 Å². The molecular formula is H4Cl2O3S. The fraction of sp³-hybridized carbons (Fsp3) is 0. The van der Waals surface area contributed by atoms with Crippen molar-refractivity contribution < 1.29 is 13.0 Å². The second-order valence-electron chi connectivity index (χ2n) is 0.238. The highest BCUT2D eigenvalue weighted by Crippen LogP contribution is 1.27. The lowest BCUT2D eigenvalue weighted by molar-refractivity contribution is 0.509. The number of hydrogen-bond donors (Lipinski definition) is 2. The predicted octanol–water partition coefficient (Wildman–Crippen LogP) is -0.0856. The molecule has 0 atom stereocenters. The molecule has 0 amide bonds. The Morgan fingerprint density at radius 2 is 1.17 bits per heavy atom. The van der Waals surface area contributed by atoms with Gasteiger partial charge in [-0.2, -0.15) is 0 Å². The third kappa shape index (κ3) is 228. The van der Waals surface area contributed by atoms with Crippen molar-refractivity contribution >= 4 is 35.8 Å². The Bertz CT molecular complexity index is 57.2. The quantitative estimate of drug-likeness (QED) is 0.379. The summed E-state index contributed by atoms with van der Waals surface area (Å²) in [4.78, 5) is 0. The molecule has 0 aromatic carbocycles. The largest absolute Gasteiger partial charge is 0.288 e. The van der Waals surface area contributed by atoms with E-state index in [4.69, 9.17) is 13.0 Å². The monoisotopic (exact) mass is 154 g/mol. The Kier molecular flexibility index (Phi) is 24.3. The number of hydrogen-bond acceptors (Lipinski definition) is 2. The second-order valence-corrected chi connectivity index (χ2v) is 0.714. The Hall–Kier alpha value is 0.490. The van der Waals surface area contributed by atoms with Crippen molar-refractivity contribution in [3.63, 3.8) is 0 Å². The normalized spacial score (nSPS) is 5.67. The van der Waals surface area contributed by atoms with Crippen LogP contribution in [-0.2, 0) is 11.0 Å². The first-order chi connectivity index (χ1) is 1.73. The maximum absolute atomic E-state index is 8.59. The minimum atomic E-state index is -3.12. The molecule has 0 aromatic rings. The van der Waals surface area contributed by atoms with Gasteiger partial charge >= 0.3 is 0 Å². The summed E-state index contributed by atoms with van der Waals surface area (Å²) in [5, 5.41) is 0. The van der Waals surface area contributed by atoms with Crippen LogP contribution in [0.5, 0.6) is 0 Å². The first-order valence-corrected chi connectivity index (χ1v) is 1.70. The van der Waals surface area contributed by atoms with Gasteiger partial charge in [0.25, 0.3) is 11.0 Å². The van der Waals surface area contributed by atoms with Crippen molar-refractivity contribution in [2.75, 3.05) is 0 Å². The van der Waals surface area contributed by atoms with Crippen LogP contribution >= 0.6 is 24.8 Å². The summed E-state index contributed by atoms with van der Waals surface area (Å²) in [5.74, 6) is 0. The predicted molar refractivity (Wildman–Crippen MR) is 27.4 cm³/mol. The van der Waals surface area contributed by atoms with E-state index in [1.54, 1.807) is 0 Å². The summed E-state index contributed by atoms with van der Waals surface area (Å²) in [6, 6.07) is 0. The van der Waals surface area contributed by atoms with Crippen LogP contribution in [0.1, 0.15) is 0 Å². The Balaban J connectivity index is -0.0000000450. The van der Waals surface area contributed by atoms with Crippen LogP contribution in [0.3, 0.4) is 0 Å². The fourth-order valence-electron chi connectivity index (χ4n) is 0. The lowest BCUT2D eigenvalue weighted by Crippen LogP contribution is -1.58. The molecule has 0 aliphatic carbocycles. The van der Waals surface area contributed by atoms with E-state index in [9.17, 15) is 0 Å². The molecule has 0 saturated heterocycles. The van der Waals surface area contributed by atoms with Crippen LogP contribution in [0, 0.1) is 0 Å². The molecule has 0 rings (SSSR count). The maximum atomic E-state index is 8.59. The van der Waals surface area contributed by atoms with Crippen molar-refractivity contribution in [2.24, 2.45) is 0 Å². The molecule has 1 N–H and O–H groups in total. The van der Waals surface area contributed by atoms with Crippen LogP contribution in [0.2, 0.25) is 0 Å². The molecule has 42 valence electrons. The molecule has 0 bridgehead atoms. The Labute approximate surface area is 49.3 Å². The molecule has 0 aliphatic heterocycles. The van der Waals surface area contributed by atoms with Crippen LogP contribution < -0.4 is 0 Å². The Morgan fingerprint density at radius 1 is 1.17 bits per heavy atom. The van der Waals surface area contributed by atoms with Gasteiger partial charge in [0.1, 0.15) is 0 Å². The molecule has 0 aromatic heterocycles. The minimum absolute atomic E-state index is 0. The van der Waals surface area contributed by atoms with Gasteiger partial charge < -0.3 is 0 Å². The summed E-state index contributed by atoms with van der Waals surface area (Å²) >= 11 is 0. The van der Waals surface area contributed by atoms with Crippen LogP contribution in [0.15, 0.2) is 0 Å². The molecule has 0 heterocycles. The second kappa shape index (κ2) is 9.09. The zero-order valence-electron chi connectivity index (χ0n) is 2.53. The molecule has 0 radical (unpaired) electrons. The zero-order valence-corrected chi connectivity index (χ0v) is 5.05. The van der Waals surface area contributed by atoms with Gasteiger partial charge in [0.15, 0.2) is 0 Å². The lowest BCUT2D eigenvalue weighted by atomic mass is 15.9. The highest BCUT2D eigenvalue weighted by molar-refractivity contribution is 7.66. The summed E-state index contributed by atoms with van der Waals surface area (Å²) in [6.07, 6.45) is 0. The van der Waals surface area contributed by atoms with Gasteiger partial charge in [-0.05, 0) is 0 Å². The van der Waals surface area contributed by atoms with E-state index >= 15 is 0 Å². The molecule has 6 heavy (non-hydrogen) atoms. The molecule has 0 fully saturated rings. The van der Waals surface area contributed by atoms with E-state index in [0.717, 1.165) is 0 Å². The van der Waals surface area contributed by atoms with Crippen molar-refractivity contribution in [2.45, 2.75) is 0 Å². The van der Waals surface area contributed by atoms with Gasteiger partial charge in [0.2, 0.25) is 0 Å². The van der Waals surface area contributed by atoms with Gasteiger partial charge in [-0.25, -0.2) is 8.42 Å². The molecule has 6 heteroatoms. The number of rotatable bonds is 0. The van der Waals surface area contributed by atoms with Gasteiger partial charge in [-0.15, -0.1) is 24.8 Å². The first-order valence-electron chi connectivity index (χ1n) is 0.565. The molecular weight excluding hydrogens is 151 g/mol. The number of halogens is 2. The van der Waals surface area contributed by atoms with E-state index in [0.29, 0.717) is 0 Å². The van der Waals surface area contributed by atoms with E-state index in [1.165, 1.54) is 0 Å². The van der Waals surface area contributed by atoms with Crippen molar-refractivity contribution in [1.29, 1.82) is 0 Å². The summed E-state index contributed by atoms with van der Waals surface area (Å²) in [5.41, 5.74) is 0. The highest BCUT2D eigenvalue weighted by Gasteiger charge is 1.44. The third-order valence-electron chi connectivity index (χ3n) is 0.